The molecule has 12 heavy (non-hydrogen) atoms. The van der Waals surface area contributed by atoms with E-state index in [2.05, 4.69) is 0 Å². The minimum Gasteiger partial charge on any atom is -0.319 e. The molecule has 2 N–H and O–H groups in total. The van der Waals surface area contributed by atoms with Crippen LogP contribution >= 0.6 is 11.3 Å². The lowest BCUT2D eigenvalue weighted by Crippen LogP contribution is -2.41. The van der Waals surface area contributed by atoms with Gasteiger partial charge >= 0.3 is 0 Å². The average Bonchev–Trinajstić information content (AvgIpc) is 2.31. The van der Waals surface area contributed by atoms with Crippen LogP contribution in [0.2, 0.25) is 0 Å². The number of ketones is 1. The summed E-state index contributed by atoms with van der Waals surface area (Å²) in [6, 6.07) is 1.83. The Morgan fingerprint density at radius 3 is 2.50 bits per heavy atom. The monoisotopic (exact) mass is 183 g/mol. The van der Waals surface area contributed by atoms with Gasteiger partial charge in [-0.3, -0.25) is 4.79 Å². The van der Waals surface area contributed by atoms with E-state index in [1.54, 1.807) is 25.2 Å². The van der Waals surface area contributed by atoms with E-state index in [9.17, 15) is 4.79 Å². The van der Waals surface area contributed by atoms with Gasteiger partial charge in [0.2, 0.25) is 0 Å². The third-order valence-corrected chi connectivity index (χ3v) is 2.53. The third kappa shape index (κ3) is 1.73. The van der Waals surface area contributed by atoms with Gasteiger partial charge < -0.3 is 5.73 Å². The molecule has 0 bridgehead atoms. The standard InChI is InChI=1S/C9H13NOS/c1-6-7(4-5-12-6)8(11)9(2,3)10/h4-5H,10H2,1-3H3. The lowest BCUT2D eigenvalue weighted by molar-refractivity contribution is 0.0913. The number of thiophene rings is 1. The molecular weight excluding hydrogens is 170 g/mol. The Morgan fingerprint density at radius 1 is 1.58 bits per heavy atom. The van der Waals surface area contributed by atoms with Crippen LogP contribution in [0.15, 0.2) is 11.4 Å². The summed E-state index contributed by atoms with van der Waals surface area (Å²) in [5, 5.41) is 1.91. The Labute approximate surface area is 76.4 Å². The molecule has 0 aromatic carbocycles. The lowest BCUT2D eigenvalue weighted by Gasteiger charge is -2.16. The van der Waals surface area contributed by atoms with Crippen LogP contribution in [-0.2, 0) is 0 Å². The maximum atomic E-state index is 11.6. The Bertz CT molecular complexity index is 296. The van der Waals surface area contributed by atoms with Crippen molar-refractivity contribution in [3.8, 4) is 0 Å². The molecule has 0 aliphatic heterocycles. The number of nitrogens with two attached hydrogens (primary N) is 1. The van der Waals surface area contributed by atoms with E-state index >= 15 is 0 Å². The van der Waals surface area contributed by atoms with Crippen molar-refractivity contribution < 1.29 is 4.79 Å². The van der Waals surface area contributed by atoms with Crippen LogP contribution in [-0.4, -0.2) is 11.3 Å². The maximum absolute atomic E-state index is 11.6. The topological polar surface area (TPSA) is 43.1 Å². The zero-order valence-electron chi connectivity index (χ0n) is 7.55. The highest BCUT2D eigenvalue weighted by atomic mass is 32.1. The van der Waals surface area contributed by atoms with Gasteiger partial charge in [-0.15, -0.1) is 11.3 Å². The van der Waals surface area contributed by atoms with Gasteiger partial charge in [0.25, 0.3) is 0 Å². The highest BCUT2D eigenvalue weighted by Gasteiger charge is 2.24. The van der Waals surface area contributed by atoms with Gasteiger partial charge in [0, 0.05) is 10.4 Å². The number of hydrogen-bond donors (Lipinski definition) is 1. The minimum absolute atomic E-state index is 0.0150. The summed E-state index contributed by atoms with van der Waals surface area (Å²) >= 11 is 1.57. The molecule has 3 heteroatoms. The van der Waals surface area contributed by atoms with Crippen LogP contribution < -0.4 is 5.73 Å². The Morgan fingerprint density at radius 2 is 2.17 bits per heavy atom. The predicted molar refractivity (Wildman–Crippen MR) is 51.7 cm³/mol. The molecular formula is C9H13NOS. The smallest absolute Gasteiger partial charge is 0.183 e. The fourth-order valence-electron chi connectivity index (χ4n) is 0.968. The van der Waals surface area contributed by atoms with Gasteiger partial charge in [-0.05, 0) is 32.2 Å². The van der Waals surface area contributed by atoms with Gasteiger partial charge in [-0.2, -0.15) is 0 Å². The molecule has 0 amide bonds. The predicted octanol–water partition coefficient (Wildman–Crippen LogP) is 1.98. The van der Waals surface area contributed by atoms with E-state index in [4.69, 9.17) is 5.73 Å². The van der Waals surface area contributed by atoms with Crippen molar-refractivity contribution in [3.63, 3.8) is 0 Å². The first kappa shape index (κ1) is 9.42. The Kier molecular flexibility index (Phi) is 2.35. The molecule has 0 fully saturated rings. The number of aryl methyl sites for hydroxylation is 1. The lowest BCUT2D eigenvalue weighted by atomic mass is 9.95. The summed E-state index contributed by atoms with van der Waals surface area (Å²) in [6.45, 7) is 5.39. The molecule has 0 saturated heterocycles. The number of carbonyl (C=O) groups excluding carboxylic acids is 1. The zero-order chi connectivity index (χ0) is 9.35. The van der Waals surface area contributed by atoms with Crippen molar-refractivity contribution in [2.24, 2.45) is 5.73 Å². The van der Waals surface area contributed by atoms with Gasteiger partial charge in [-0.1, -0.05) is 0 Å². The fraction of sp³-hybridized carbons (Fsp3) is 0.444. The van der Waals surface area contributed by atoms with Crippen molar-refractivity contribution in [2.45, 2.75) is 26.3 Å². The second-order valence-electron chi connectivity index (χ2n) is 3.44. The van der Waals surface area contributed by atoms with Crippen LogP contribution in [0.5, 0.6) is 0 Å². The fourth-order valence-corrected chi connectivity index (χ4v) is 1.66. The molecule has 0 radical (unpaired) electrons. The van der Waals surface area contributed by atoms with Crippen molar-refractivity contribution in [2.75, 3.05) is 0 Å². The highest BCUT2D eigenvalue weighted by molar-refractivity contribution is 7.10. The quantitative estimate of drug-likeness (QED) is 0.712. The normalized spacial score (nSPS) is 11.7. The second-order valence-corrected chi connectivity index (χ2v) is 4.56. The summed E-state index contributed by atoms with van der Waals surface area (Å²) in [6.07, 6.45) is 0. The summed E-state index contributed by atoms with van der Waals surface area (Å²) in [4.78, 5) is 12.7. The molecule has 0 aliphatic carbocycles. The average molecular weight is 183 g/mol. The number of hydrogen-bond acceptors (Lipinski definition) is 3. The molecule has 2 nitrogen and oxygen atoms in total. The first-order valence-corrected chi connectivity index (χ1v) is 4.68. The molecule has 0 unspecified atom stereocenters. The molecule has 0 spiro atoms. The van der Waals surface area contributed by atoms with Crippen LogP contribution in [0.4, 0.5) is 0 Å². The molecule has 0 atom stereocenters. The second kappa shape index (κ2) is 2.99. The van der Waals surface area contributed by atoms with Crippen LogP contribution in [0.1, 0.15) is 29.1 Å². The summed E-state index contributed by atoms with van der Waals surface area (Å²) in [5.41, 5.74) is 5.69. The van der Waals surface area contributed by atoms with E-state index < -0.39 is 5.54 Å². The first-order chi connectivity index (χ1) is 5.43. The van der Waals surface area contributed by atoms with Crippen molar-refractivity contribution >= 4 is 17.1 Å². The van der Waals surface area contributed by atoms with Crippen molar-refractivity contribution in [3.05, 3.63) is 21.9 Å². The summed E-state index contributed by atoms with van der Waals surface area (Å²) in [5.74, 6) is 0.0150. The molecule has 1 heterocycles. The van der Waals surface area contributed by atoms with Crippen LogP contribution in [0.25, 0.3) is 0 Å². The van der Waals surface area contributed by atoms with E-state index in [1.165, 1.54) is 0 Å². The number of Topliss-reactive ketones (excluding diaryl/α,β-unsaturated/α-hetero) is 1. The van der Waals surface area contributed by atoms with Crippen LogP contribution in [0, 0.1) is 6.92 Å². The zero-order valence-corrected chi connectivity index (χ0v) is 8.37. The summed E-state index contributed by atoms with van der Waals surface area (Å²) in [7, 11) is 0. The van der Waals surface area contributed by atoms with E-state index in [1.807, 2.05) is 18.4 Å². The van der Waals surface area contributed by atoms with Gasteiger partial charge in [0.1, 0.15) is 0 Å². The minimum atomic E-state index is -0.758. The van der Waals surface area contributed by atoms with Gasteiger partial charge in [0.15, 0.2) is 5.78 Å². The molecule has 1 aromatic heterocycles. The molecule has 1 aromatic rings. The van der Waals surface area contributed by atoms with Gasteiger partial charge in [0.05, 0.1) is 5.54 Å². The van der Waals surface area contributed by atoms with E-state index in [0.717, 1.165) is 10.4 Å². The van der Waals surface area contributed by atoms with Crippen molar-refractivity contribution in [1.82, 2.24) is 0 Å². The molecule has 0 saturated carbocycles. The SMILES string of the molecule is Cc1sccc1C(=O)C(C)(C)N. The van der Waals surface area contributed by atoms with Gasteiger partial charge in [-0.25, -0.2) is 0 Å². The van der Waals surface area contributed by atoms with Crippen molar-refractivity contribution in [1.29, 1.82) is 0 Å². The largest absolute Gasteiger partial charge is 0.319 e. The number of carbonyl (C=O) groups is 1. The Balaban J connectivity index is 3.01. The third-order valence-electron chi connectivity index (χ3n) is 1.69. The van der Waals surface area contributed by atoms with Crippen LogP contribution in [0.3, 0.4) is 0 Å². The van der Waals surface area contributed by atoms with E-state index in [-0.39, 0.29) is 5.78 Å². The molecule has 0 aliphatic rings. The maximum Gasteiger partial charge on any atom is 0.183 e. The van der Waals surface area contributed by atoms with E-state index in [0.29, 0.717) is 0 Å². The molecule has 66 valence electrons. The summed E-state index contributed by atoms with van der Waals surface area (Å²) < 4.78 is 0. The number of rotatable bonds is 2. The first-order valence-electron chi connectivity index (χ1n) is 3.80. The molecule has 1 rings (SSSR count). The Hall–Kier alpha value is -0.670. The highest BCUT2D eigenvalue weighted by Crippen LogP contribution is 2.19.